The van der Waals surface area contributed by atoms with Crippen LogP contribution in [0.2, 0.25) is 0 Å². The van der Waals surface area contributed by atoms with Crippen molar-refractivity contribution >= 4 is 11.9 Å². The Balaban J connectivity index is 2.82. The van der Waals surface area contributed by atoms with Crippen LogP contribution in [0.4, 0.5) is 0 Å². The molecule has 1 aliphatic carbocycles. The molecule has 1 rings (SSSR count). The average Bonchev–Trinajstić information content (AvgIpc) is 2.79. The summed E-state index contributed by atoms with van der Waals surface area (Å²) >= 11 is 0. The van der Waals surface area contributed by atoms with E-state index in [0.717, 1.165) is 5.57 Å². The van der Waals surface area contributed by atoms with Gasteiger partial charge in [0, 0.05) is 7.11 Å². The zero-order valence-electron chi connectivity index (χ0n) is 13.1. The molecule has 5 heteroatoms. The minimum Gasteiger partial charge on any atom is -0.479 e. The number of amides is 1. The lowest BCUT2D eigenvalue weighted by Crippen LogP contribution is -2.56. The van der Waals surface area contributed by atoms with Crippen molar-refractivity contribution in [2.24, 2.45) is 17.3 Å². The predicted molar refractivity (Wildman–Crippen MR) is 76.3 cm³/mol. The summed E-state index contributed by atoms with van der Waals surface area (Å²) in [6, 6.07) is 0. The van der Waals surface area contributed by atoms with E-state index in [0.29, 0.717) is 0 Å². The predicted octanol–water partition coefficient (Wildman–Crippen LogP) is 1.83. The van der Waals surface area contributed by atoms with Gasteiger partial charge in [-0.2, -0.15) is 0 Å². The van der Waals surface area contributed by atoms with Crippen molar-refractivity contribution in [2.75, 3.05) is 13.7 Å². The molecule has 0 aromatic rings. The molecule has 0 unspecified atom stereocenters. The zero-order valence-corrected chi connectivity index (χ0v) is 13.1. The molecule has 1 fully saturated rings. The van der Waals surface area contributed by atoms with E-state index in [1.54, 1.807) is 0 Å². The summed E-state index contributed by atoms with van der Waals surface area (Å²) in [6.45, 7) is 9.44. The summed E-state index contributed by atoms with van der Waals surface area (Å²) in [4.78, 5) is 23.7. The number of allylic oxidation sites excluding steroid dienone is 2. The van der Waals surface area contributed by atoms with Crippen molar-refractivity contribution in [1.82, 2.24) is 5.32 Å². The van der Waals surface area contributed by atoms with Crippen LogP contribution in [0, 0.1) is 17.3 Å². The van der Waals surface area contributed by atoms with Crippen LogP contribution < -0.4 is 5.32 Å². The van der Waals surface area contributed by atoms with Gasteiger partial charge in [0.2, 0.25) is 5.91 Å². The molecule has 0 aromatic heterocycles. The van der Waals surface area contributed by atoms with E-state index in [4.69, 9.17) is 4.74 Å². The molecule has 0 radical (unpaired) electrons. The zero-order chi connectivity index (χ0) is 15.7. The van der Waals surface area contributed by atoms with Crippen LogP contribution in [0.15, 0.2) is 11.6 Å². The van der Waals surface area contributed by atoms with E-state index >= 15 is 0 Å². The maximum absolute atomic E-state index is 12.3. The number of methoxy groups -OCH3 is 1. The lowest BCUT2D eigenvalue weighted by molar-refractivity contribution is -0.149. The first-order valence-electron chi connectivity index (χ1n) is 6.75. The van der Waals surface area contributed by atoms with Crippen LogP contribution >= 0.6 is 0 Å². The fraction of sp³-hybridized carbons (Fsp3) is 0.733. The summed E-state index contributed by atoms with van der Waals surface area (Å²) in [6.07, 6.45) is 2.08. The van der Waals surface area contributed by atoms with Crippen molar-refractivity contribution < 1.29 is 19.4 Å². The van der Waals surface area contributed by atoms with Crippen LogP contribution in [0.25, 0.3) is 0 Å². The van der Waals surface area contributed by atoms with Crippen LogP contribution in [-0.4, -0.2) is 36.2 Å². The topological polar surface area (TPSA) is 75.6 Å². The molecule has 114 valence electrons. The third-order valence-corrected chi connectivity index (χ3v) is 4.01. The first-order chi connectivity index (χ1) is 9.06. The monoisotopic (exact) mass is 283 g/mol. The average molecular weight is 283 g/mol. The van der Waals surface area contributed by atoms with Crippen LogP contribution in [0.1, 0.15) is 34.6 Å². The van der Waals surface area contributed by atoms with Crippen molar-refractivity contribution in [3.05, 3.63) is 11.6 Å². The fourth-order valence-electron chi connectivity index (χ4n) is 2.64. The Labute approximate surface area is 120 Å². The molecule has 1 saturated carbocycles. The van der Waals surface area contributed by atoms with E-state index in [2.05, 4.69) is 11.4 Å². The fourth-order valence-corrected chi connectivity index (χ4v) is 2.64. The molecule has 0 saturated heterocycles. The smallest absolute Gasteiger partial charge is 0.331 e. The number of hydrogen-bond acceptors (Lipinski definition) is 3. The maximum atomic E-state index is 12.3. The largest absolute Gasteiger partial charge is 0.479 e. The number of hydrogen-bond donors (Lipinski definition) is 2. The van der Waals surface area contributed by atoms with Crippen LogP contribution in [0.5, 0.6) is 0 Å². The lowest BCUT2D eigenvalue weighted by atomic mass is 10.0. The van der Waals surface area contributed by atoms with Crippen LogP contribution in [-0.2, 0) is 14.3 Å². The second-order valence-corrected chi connectivity index (χ2v) is 6.63. The Morgan fingerprint density at radius 1 is 1.40 bits per heavy atom. The molecule has 0 aliphatic heterocycles. The third-order valence-electron chi connectivity index (χ3n) is 4.01. The Kier molecular flexibility index (Phi) is 4.64. The molecular weight excluding hydrogens is 258 g/mol. The highest BCUT2D eigenvalue weighted by Crippen LogP contribution is 2.59. The Morgan fingerprint density at radius 3 is 2.35 bits per heavy atom. The molecule has 1 aliphatic rings. The number of aliphatic carboxylic acids is 1. The highest BCUT2D eigenvalue weighted by molar-refractivity contribution is 5.90. The van der Waals surface area contributed by atoms with Crippen molar-refractivity contribution in [2.45, 2.75) is 40.2 Å². The Morgan fingerprint density at radius 2 is 1.95 bits per heavy atom. The highest BCUT2D eigenvalue weighted by Gasteiger charge is 2.61. The van der Waals surface area contributed by atoms with Gasteiger partial charge in [0.15, 0.2) is 5.54 Å². The van der Waals surface area contributed by atoms with Gasteiger partial charge in [-0.3, -0.25) is 4.79 Å². The second-order valence-electron chi connectivity index (χ2n) is 6.63. The maximum Gasteiger partial charge on any atom is 0.331 e. The Bertz CT molecular complexity index is 437. The number of carboxylic acid groups (broad SMARTS) is 1. The Hall–Kier alpha value is -1.36. The van der Waals surface area contributed by atoms with E-state index in [1.165, 1.54) is 14.0 Å². The van der Waals surface area contributed by atoms with E-state index in [1.807, 2.05) is 27.7 Å². The van der Waals surface area contributed by atoms with Crippen molar-refractivity contribution in [3.8, 4) is 0 Å². The molecular formula is C15H25NO4. The summed E-state index contributed by atoms with van der Waals surface area (Å²) in [7, 11) is 1.42. The molecule has 1 amide bonds. The molecule has 0 aromatic carbocycles. The lowest BCUT2D eigenvalue weighted by Gasteiger charge is -2.25. The molecule has 3 atom stereocenters. The SMILES string of the molecule is COC[C@](C)(NC(=O)[C@@H]1[C@@H](C=C(C)C)C1(C)C)C(=O)O. The molecule has 2 N–H and O–H groups in total. The number of nitrogens with one attached hydrogen (secondary N) is 1. The molecule has 20 heavy (non-hydrogen) atoms. The van der Waals surface area contributed by atoms with E-state index in [9.17, 15) is 14.7 Å². The minimum absolute atomic E-state index is 0.0610. The van der Waals surface area contributed by atoms with E-state index in [-0.39, 0.29) is 29.8 Å². The van der Waals surface area contributed by atoms with Gasteiger partial charge in [0.25, 0.3) is 0 Å². The molecule has 5 nitrogen and oxygen atoms in total. The number of carbonyl (C=O) groups excluding carboxylic acids is 1. The summed E-state index contributed by atoms with van der Waals surface area (Å²) in [5.74, 6) is -1.34. The summed E-state index contributed by atoms with van der Waals surface area (Å²) in [5.41, 5.74) is -0.357. The number of ether oxygens (including phenoxy) is 1. The van der Waals surface area contributed by atoms with Gasteiger partial charge >= 0.3 is 5.97 Å². The molecule has 0 spiro atoms. The third kappa shape index (κ3) is 3.20. The number of carboxylic acids is 1. The van der Waals surface area contributed by atoms with Gasteiger partial charge in [-0.15, -0.1) is 0 Å². The second kappa shape index (κ2) is 5.56. The minimum atomic E-state index is -1.39. The number of rotatable bonds is 6. The van der Waals surface area contributed by atoms with Gasteiger partial charge in [0.1, 0.15) is 0 Å². The van der Waals surface area contributed by atoms with Crippen molar-refractivity contribution in [1.29, 1.82) is 0 Å². The van der Waals surface area contributed by atoms with Crippen molar-refractivity contribution in [3.63, 3.8) is 0 Å². The normalized spacial score (nSPS) is 26.3. The van der Waals surface area contributed by atoms with Gasteiger partial charge < -0.3 is 15.2 Å². The van der Waals surface area contributed by atoms with Gasteiger partial charge in [0.05, 0.1) is 12.5 Å². The van der Waals surface area contributed by atoms with Gasteiger partial charge in [-0.25, -0.2) is 4.79 Å². The van der Waals surface area contributed by atoms with Gasteiger partial charge in [-0.1, -0.05) is 25.5 Å². The van der Waals surface area contributed by atoms with Crippen LogP contribution in [0.3, 0.4) is 0 Å². The van der Waals surface area contributed by atoms with Gasteiger partial charge in [-0.05, 0) is 32.1 Å². The standard InChI is InChI=1S/C15H25NO4/c1-9(2)7-10-11(14(10,3)4)12(17)16-15(5,8-20-6)13(18)19/h7,10-11H,8H2,1-6H3,(H,16,17)(H,18,19)/t10-,11+,15+/m1/s1. The number of carbonyl (C=O) groups is 2. The first-order valence-corrected chi connectivity index (χ1v) is 6.75. The summed E-state index contributed by atoms with van der Waals surface area (Å²) < 4.78 is 4.91. The molecule has 0 bridgehead atoms. The van der Waals surface area contributed by atoms with E-state index < -0.39 is 11.5 Å². The quantitative estimate of drug-likeness (QED) is 0.729. The summed E-state index contributed by atoms with van der Waals surface area (Å²) in [5, 5.41) is 11.9. The first kappa shape index (κ1) is 16.7. The molecule has 0 heterocycles. The highest BCUT2D eigenvalue weighted by atomic mass is 16.5.